The maximum absolute atomic E-state index is 13.6. The molecule has 1 atom stereocenters. The molecule has 2 aromatic carbocycles. The van der Waals surface area contributed by atoms with E-state index in [1.807, 2.05) is 49.4 Å². The highest BCUT2D eigenvalue weighted by Crippen LogP contribution is 2.26. The number of carbonyl (C=O) groups excluding carboxylic acids is 1. The van der Waals surface area contributed by atoms with Crippen molar-refractivity contribution in [1.29, 1.82) is 0 Å². The second-order valence-electron chi connectivity index (χ2n) is 7.81. The van der Waals surface area contributed by atoms with E-state index in [1.165, 1.54) is 0 Å². The summed E-state index contributed by atoms with van der Waals surface area (Å²) in [6.45, 7) is 3.63. The number of benzene rings is 2. The lowest BCUT2D eigenvalue weighted by atomic mass is 10.1. The molecule has 0 radical (unpaired) electrons. The number of fused-ring (bicyclic) bond motifs is 2. The average Bonchev–Trinajstić information content (AvgIpc) is 3.15. The zero-order valence-corrected chi connectivity index (χ0v) is 18.7. The molecule has 0 unspecified atom stereocenters. The molecule has 0 saturated heterocycles. The van der Waals surface area contributed by atoms with Crippen LogP contribution in [-0.2, 0) is 0 Å². The van der Waals surface area contributed by atoms with E-state index in [9.17, 15) is 9.59 Å². The molecule has 3 heterocycles. The summed E-state index contributed by atoms with van der Waals surface area (Å²) >= 11 is 6.38. The van der Waals surface area contributed by atoms with Crippen LogP contribution in [0.3, 0.4) is 0 Å². The van der Waals surface area contributed by atoms with Crippen molar-refractivity contribution in [2.45, 2.75) is 19.9 Å². The Balaban J connectivity index is 1.64. The Morgan fingerprint density at radius 3 is 2.70 bits per heavy atom. The molecule has 7 nitrogen and oxygen atoms in total. The summed E-state index contributed by atoms with van der Waals surface area (Å²) in [5, 5.41) is 8.97. The Morgan fingerprint density at radius 1 is 1.12 bits per heavy atom. The summed E-state index contributed by atoms with van der Waals surface area (Å²) < 4.78 is 3.23. The third-order valence-corrected chi connectivity index (χ3v) is 5.99. The lowest BCUT2D eigenvalue weighted by Gasteiger charge is -2.21. The van der Waals surface area contributed by atoms with E-state index >= 15 is 0 Å². The molecule has 1 amide bonds. The first-order valence-electron chi connectivity index (χ1n) is 10.4. The van der Waals surface area contributed by atoms with Crippen molar-refractivity contribution >= 4 is 33.8 Å². The molecule has 33 heavy (non-hydrogen) atoms. The van der Waals surface area contributed by atoms with Crippen LogP contribution in [0.4, 0.5) is 0 Å². The Labute approximate surface area is 194 Å². The quantitative estimate of drug-likeness (QED) is 0.431. The minimum atomic E-state index is -0.486. The lowest BCUT2D eigenvalue weighted by molar-refractivity contribution is 0.0939. The summed E-state index contributed by atoms with van der Waals surface area (Å²) in [4.78, 5) is 31.0. The maximum atomic E-state index is 13.6. The van der Waals surface area contributed by atoms with Crippen molar-refractivity contribution in [1.82, 2.24) is 24.5 Å². The summed E-state index contributed by atoms with van der Waals surface area (Å²) in [5.41, 5.74) is 2.76. The van der Waals surface area contributed by atoms with Gasteiger partial charge in [-0.15, -0.1) is 0 Å². The zero-order valence-electron chi connectivity index (χ0n) is 18.0. The number of halogens is 1. The van der Waals surface area contributed by atoms with Gasteiger partial charge in [0, 0.05) is 23.8 Å². The Bertz CT molecular complexity index is 1570. The van der Waals surface area contributed by atoms with Gasteiger partial charge in [0.2, 0.25) is 0 Å². The number of rotatable bonds is 4. The summed E-state index contributed by atoms with van der Waals surface area (Å²) in [6.07, 6.45) is 4.92. The number of para-hydroxylation sites is 1. The summed E-state index contributed by atoms with van der Waals surface area (Å²) in [6, 6.07) is 16.1. The fourth-order valence-corrected chi connectivity index (χ4v) is 4.41. The van der Waals surface area contributed by atoms with E-state index in [0.29, 0.717) is 44.0 Å². The van der Waals surface area contributed by atoms with Crippen molar-refractivity contribution in [3.63, 3.8) is 0 Å². The van der Waals surface area contributed by atoms with Gasteiger partial charge in [-0.2, -0.15) is 5.10 Å². The Kier molecular flexibility index (Phi) is 5.18. The highest BCUT2D eigenvalue weighted by atomic mass is 35.5. The first-order chi connectivity index (χ1) is 16.0. The number of nitrogens with one attached hydrogen (secondary N) is 1. The van der Waals surface area contributed by atoms with Crippen LogP contribution >= 0.6 is 11.6 Å². The second kappa shape index (κ2) is 8.18. The number of hydrogen-bond donors (Lipinski definition) is 1. The molecule has 3 aromatic heterocycles. The van der Waals surface area contributed by atoms with Gasteiger partial charge in [-0.3, -0.25) is 19.1 Å². The van der Waals surface area contributed by atoms with Crippen molar-refractivity contribution in [2.24, 2.45) is 0 Å². The predicted molar refractivity (Wildman–Crippen MR) is 128 cm³/mol. The number of nitrogens with zero attached hydrogens (tertiary/aromatic N) is 4. The van der Waals surface area contributed by atoms with Gasteiger partial charge >= 0.3 is 0 Å². The summed E-state index contributed by atoms with van der Waals surface area (Å²) in [5.74, 6) is -0.291. The fraction of sp³-hybridized carbons (Fsp3) is 0.120. The van der Waals surface area contributed by atoms with Crippen molar-refractivity contribution in [3.05, 3.63) is 106 Å². The number of aromatic nitrogens is 4. The molecule has 0 aliphatic rings. The third-order valence-electron chi connectivity index (χ3n) is 5.67. The van der Waals surface area contributed by atoms with Crippen LogP contribution in [0.25, 0.3) is 22.0 Å². The van der Waals surface area contributed by atoms with Crippen molar-refractivity contribution in [2.75, 3.05) is 0 Å². The highest BCUT2D eigenvalue weighted by Gasteiger charge is 2.22. The van der Waals surface area contributed by atoms with E-state index in [0.717, 1.165) is 0 Å². The van der Waals surface area contributed by atoms with Gasteiger partial charge in [0.25, 0.3) is 11.5 Å². The smallest absolute Gasteiger partial charge is 0.264 e. The van der Waals surface area contributed by atoms with Crippen LogP contribution in [-0.4, -0.2) is 25.1 Å². The molecule has 0 saturated carbocycles. The van der Waals surface area contributed by atoms with Crippen LogP contribution in [0, 0.1) is 6.92 Å². The predicted octanol–water partition coefficient (Wildman–Crippen LogP) is 4.49. The monoisotopic (exact) mass is 457 g/mol. The molecule has 0 fully saturated rings. The number of amides is 1. The van der Waals surface area contributed by atoms with Gasteiger partial charge in [0.15, 0.2) is 0 Å². The molecule has 5 aromatic rings. The molecule has 1 N–H and O–H groups in total. The van der Waals surface area contributed by atoms with E-state index in [2.05, 4.69) is 15.4 Å². The molecular formula is C25H20ClN5O2. The van der Waals surface area contributed by atoms with Gasteiger partial charge in [0.1, 0.15) is 0 Å². The highest BCUT2D eigenvalue weighted by molar-refractivity contribution is 6.35. The molecule has 164 valence electrons. The lowest BCUT2D eigenvalue weighted by Crippen LogP contribution is -2.32. The Hall–Kier alpha value is -3.97. The van der Waals surface area contributed by atoms with Crippen LogP contribution in [0.2, 0.25) is 5.02 Å². The minimum Gasteiger partial charge on any atom is -0.344 e. The van der Waals surface area contributed by atoms with Gasteiger partial charge in [-0.05, 0) is 43.5 Å². The van der Waals surface area contributed by atoms with E-state index in [-0.39, 0.29) is 11.5 Å². The molecule has 0 spiro atoms. The van der Waals surface area contributed by atoms with Crippen LogP contribution < -0.4 is 10.9 Å². The molecule has 8 heteroatoms. The SMILES string of the molecule is Cc1nn2ccncc2c1C(=O)N[C@@H](C)c1cc2cccc(Cl)c2c(=O)n1-c1ccccc1. The zero-order chi connectivity index (χ0) is 23.1. The number of hydrogen-bond acceptors (Lipinski definition) is 4. The first-order valence-corrected chi connectivity index (χ1v) is 10.8. The third kappa shape index (κ3) is 3.56. The van der Waals surface area contributed by atoms with Crippen molar-refractivity contribution < 1.29 is 4.79 Å². The Morgan fingerprint density at radius 2 is 1.91 bits per heavy atom. The van der Waals surface area contributed by atoms with E-state index in [1.54, 1.807) is 46.7 Å². The van der Waals surface area contributed by atoms with Crippen LogP contribution in [0.1, 0.15) is 34.7 Å². The van der Waals surface area contributed by atoms with E-state index in [4.69, 9.17) is 11.6 Å². The molecule has 0 bridgehead atoms. The number of pyridine rings is 1. The molecule has 0 aliphatic carbocycles. The number of aryl methyl sites for hydroxylation is 1. The second-order valence-corrected chi connectivity index (χ2v) is 8.22. The molecule has 0 aliphatic heterocycles. The topological polar surface area (TPSA) is 81.3 Å². The molecule has 5 rings (SSSR count). The van der Waals surface area contributed by atoms with Gasteiger partial charge < -0.3 is 5.32 Å². The van der Waals surface area contributed by atoms with Crippen LogP contribution in [0.5, 0.6) is 0 Å². The normalized spacial score (nSPS) is 12.2. The largest absolute Gasteiger partial charge is 0.344 e. The average molecular weight is 458 g/mol. The first kappa shape index (κ1) is 20.9. The minimum absolute atomic E-state index is 0.239. The van der Waals surface area contributed by atoms with E-state index < -0.39 is 6.04 Å². The van der Waals surface area contributed by atoms with Crippen molar-refractivity contribution in [3.8, 4) is 5.69 Å². The number of carbonyl (C=O) groups is 1. The van der Waals surface area contributed by atoms with Gasteiger partial charge in [-0.1, -0.05) is 41.9 Å². The van der Waals surface area contributed by atoms with Gasteiger partial charge in [-0.25, -0.2) is 4.52 Å². The fourth-order valence-electron chi connectivity index (χ4n) is 4.14. The summed E-state index contributed by atoms with van der Waals surface area (Å²) in [7, 11) is 0. The van der Waals surface area contributed by atoms with Gasteiger partial charge in [0.05, 0.1) is 39.4 Å². The molecular weight excluding hydrogens is 438 g/mol. The maximum Gasteiger partial charge on any atom is 0.264 e. The van der Waals surface area contributed by atoms with Crippen LogP contribution in [0.15, 0.2) is 78.0 Å². The standard InChI is InChI=1S/C25H20ClN5O2/c1-15(28-24(32)22-16(2)29-30-12-11-27-14-21(22)30)20-13-17-7-6-10-19(26)23(17)25(33)31(20)18-8-4-3-5-9-18/h3-15H,1-2H3,(H,28,32)/t15-/m0/s1.